The molecule has 122 valence electrons. The summed E-state index contributed by atoms with van der Waals surface area (Å²) in [6, 6.07) is 7.41. The van der Waals surface area contributed by atoms with Crippen molar-refractivity contribution in [3.8, 4) is 0 Å². The van der Waals surface area contributed by atoms with Crippen molar-refractivity contribution in [2.45, 2.75) is 19.9 Å². The van der Waals surface area contributed by atoms with Crippen LogP contribution in [0.3, 0.4) is 0 Å². The molecule has 0 aliphatic carbocycles. The first-order chi connectivity index (χ1) is 9.61. The highest BCUT2D eigenvalue weighted by atomic mass is 35.5. The Kier molecular flexibility index (Phi) is 9.37. The number of rotatable bonds is 5. The van der Waals surface area contributed by atoms with E-state index in [-0.39, 0.29) is 36.8 Å². The molecule has 0 unspecified atom stereocenters. The van der Waals surface area contributed by atoms with Crippen molar-refractivity contribution in [3.63, 3.8) is 0 Å². The van der Waals surface area contributed by atoms with Crippen LogP contribution >= 0.6 is 36.4 Å². The second-order valence-electron chi connectivity index (χ2n) is 4.70. The van der Waals surface area contributed by atoms with Gasteiger partial charge >= 0.3 is 0 Å². The highest BCUT2D eigenvalue weighted by Gasteiger charge is 2.13. The van der Waals surface area contributed by atoms with E-state index in [1.54, 1.807) is 12.3 Å². The van der Waals surface area contributed by atoms with Gasteiger partial charge in [-0.2, -0.15) is 0 Å². The summed E-state index contributed by atoms with van der Waals surface area (Å²) in [5, 5.41) is 7.55. The van der Waals surface area contributed by atoms with Crippen molar-refractivity contribution in [1.82, 2.24) is 15.6 Å². The Bertz CT molecular complexity index is 622. The smallest absolute Gasteiger partial charge is 0.253 e. The van der Waals surface area contributed by atoms with E-state index in [1.807, 2.05) is 32.0 Å². The lowest BCUT2D eigenvalue weighted by atomic mass is 10.1. The molecule has 0 saturated heterocycles. The fourth-order valence-corrected chi connectivity index (χ4v) is 2.32. The number of nitrogens with zero attached hydrogens (tertiary/aromatic N) is 1. The molecule has 2 N–H and O–H groups in total. The van der Waals surface area contributed by atoms with Crippen LogP contribution in [0.1, 0.15) is 24.2 Å². The molecule has 0 aliphatic heterocycles. The van der Waals surface area contributed by atoms with E-state index < -0.39 is 0 Å². The van der Waals surface area contributed by atoms with Crippen LogP contribution in [0.4, 0.5) is 0 Å². The van der Waals surface area contributed by atoms with E-state index in [4.69, 9.17) is 11.6 Å². The maximum absolute atomic E-state index is 12.3. The van der Waals surface area contributed by atoms with Gasteiger partial charge in [-0.05, 0) is 31.7 Å². The normalized spacial score (nSPS) is 11.2. The molecule has 1 heterocycles. The Balaban J connectivity index is 0.00000220. The summed E-state index contributed by atoms with van der Waals surface area (Å²) < 4.78 is 0. The first kappa shape index (κ1) is 20.9. The van der Waals surface area contributed by atoms with Crippen LogP contribution in [0.2, 0.25) is 5.02 Å². The second kappa shape index (κ2) is 9.85. The highest BCUT2D eigenvalue weighted by molar-refractivity contribution is 6.32. The molecule has 2 aromatic rings. The fraction of sp³-hybridized carbons (Fsp3) is 0.333. The van der Waals surface area contributed by atoms with E-state index in [2.05, 4.69) is 15.6 Å². The van der Waals surface area contributed by atoms with Crippen LogP contribution in [0.15, 0.2) is 30.5 Å². The SMILES string of the molecule is CCN[C@H](C)CNC(=O)c1cc(Cl)cc2cccnc12.Cl.Cl. The molecule has 0 saturated carbocycles. The standard InChI is InChI=1S/C15H18ClN3O.2ClH/c1-3-17-10(2)9-19-15(20)13-8-12(16)7-11-5-4-6-18-14(11)13;;/h4-8,10,17H,3,9H2,1-2H3,(H,19,20);2*1H/t10-;;/m1../s1. The number of aromatic nitrogens is 1. The number of fused-ring (bicyclic) bond motifs is 1. The lowest BCUT2D eigenvalue weighted by Gasteiger charge is -2.14. The molecule has 1 aromatic carbocycles. The summed E-state index contributed by atoms with van der Waals surface area (Å²) in [5.74, 6) is -0.152. The van der Waals surface area contributed by atoms with Crippen molar-refractivity contribution < 1.29 is 4.79 Å². The van der Waals surface area contributed by atoms with E-state index in [1.165, 1.54) is 0 Å². The van der Waals surface area contributed by atoms with Crippen molar-refractivity contribution in [2.24, 2.45) is 0 Å². The van der Waals surface area contributed by atoms with E-state index >= 15 is 0 Å². The number of hydrogen-bond acceptors (Lipinski definition) is 3. The van der Waals surface area contributed by atoms with Crippen LogP contribution in [0.5, 0.6) is 0 Å². The number of benzene rings is 1. The van der Waals surface area contributed by atoms with Gasteiger partial charge in [0.15, 0.2) is 0 Å². The number of likely N-dealkylation sites (N-methyl/N-ethyl adjacent to an activating group) is 1. The molecule has 1 atom stereocenters. The van der Waals surface area contributed by atoms with Gasteiger partial charge in [-0.15, -0.1) is 24.8 Å². The van der Waals surface area contributed by atoms with Gasteiger partial charge in [0.05, 0.1) is 11.1 Å². The summed E-state index contributed by atoms with van der Waals surface area (Å²) in [5.41, 5.74) is 1.18. The van der Waals surface area contributed by atoms with E-state index in [9.17, 15) is 4.79 Å². The minimum absolute atomic E-state index is 0. The Morgan fingerprint density at radius 1 is 1.36 bits per heavy atom. The zero-order valence-corrected chi connectivity index (χ0v) is 14.8. The summed E-state index contributed by atoms with van der Waals surface area (Å²) in [6.45, 7) is 5.50. The van der Waals surface area contributed by atoms with Crippen molar-refractivity contribution >= 4 is 53.2 Å². The van der Waals surface area contributed by atoms with Crippen LogP contribution < -0.4 is 10.6 Å². The summed E-state index contributed by atoms with van der Waals surface area (Å²) in [4.78, 5) is 16.6. The van der Waals surface area contributed by atoms with Crippen LogP contribution in [-0.4, -0.2) is 30.0 Å². The number of carbonyl (C=O) groups excluding carboxylic acids is 1. The number of amides is 1. The largest absolute Gasteiger partial charge is 0.350 e. The molecule has 4 nitrogen and oxygen atoms in total. The van der Waals surface area contributed by atoms with Crippen LogP contribution in [-0.2, 0) is 0 Å². The fourth-order valence-electron chi connectivity index (χ4n) is 2.09. The molecule has 22 heavy (non-hydrogen) atoms. The molecular weight excluding hydrogens is 345 g/mol. The Morgan fingerprint density at radius 3 is 2.77 bits per heavy atom. The van der Waals surface area contributed by atoms with Gasteiger partial charge in [-0.3, -0.25) is 9.78 Å². The van der Waals surface area contributed by atoms with Gasteiger partial charge in [0.25, 0.3) is 5.91 Å². The lowest BCUT2D eigenvalue weighted by molar-refractivity contribution is 0.0951. The zero-order valence-electron chi connectivity index (χ0n) is 12.4. The van der Waals surface area contributed by atoms with Gasteiger partial charge < -0.3 is 10.6 Å². The summed E-state index contributed by atoms with van der Waals surface area (Å²) in [6.07, 6.45) is 1.67. The molecule has 7 heteroatoms. The average Bonchev–Trinajstić information content (AvgIpc) is 2.44. The predicted octanol–water partition coefficient (Wildman–Crippen LogP) is 3.46. The van der Waals surface area contributed by atoms with Crippen molar-refractivity contribution in [3.05, 3.63) is 41.0 Å². The number of carbonyl (C=O) groups is 1. The molecule has 1 aromatic heterocycles. The van der Waals surface area contributed by atoms with E-state index in [0.29, 0.717) is 22.6 Å². The van der Waals surface area contributed by atoms with E-state index in [0.717, 1.165) is 11.9 Å². The van der Waals surface area contributed by atoms with Crippen LogP contribution in [0.25, 0.3) is 10.9 Å². The predicted molar refractivity (Wildman–Crippen MR) is 96.7 cm³/mol. The quantitative estimate of drug-likeness (QED) is 0.854. The van der Waals surface area contributed by atoms with Gasteiger partial charge in [0.2, 0.25) is 0 Å². The molecule has 0 bridgehead atoms. The van der Waals surface area contributed by atoms with Gasteiger partial charge in [0.1, 0.15) is 0 Å². The first-order valence-corrected chi connectivity index (χ1v) is 7.05. The highest BCUT2D eigenvalue weighted by Crippen LogP contribution is 2.22. The molecule has 0 fully saturated rings. The third-order valence-electron chi connectivity index (χ3n) is 3.04. The Morgan fingerprint density at radius 2 is 2.09 bits per heavy atom. The first-order valence-electron chi connectivity index (χ1n) is 6.67. The molecule has 2 rings (SSSR count). The molecule has 1 amide bonds. The molecular formula is C15H20Cl3N3O. The Labute approximate surface area is 147 Å². The lowest BCUT2D eigenvalue weighted by Crippen LogP contribution is -2.38. The average molecular weight is 365 g/mol. The number of halogens is 3. The van der Waals surface area contributed by atoms with Crippen molar-refractivity contribution in [1.29, 1.82) is 0 Å². The van der Waals surface area contributed by atoms with Crippen LogP contribution in [0, 0.1) is 0 Å². The third-order valence-corrected chi connectivity index (χ3v) is 3.25. The van der Waals surface area contributed by atoms with Gasteiger partial charge in [-0.25, -0.2) is 0 Å². The molecule has 0 spiro atoms. The maximum atomic E-state index is 12.3. The summed E-state index contributed by atoms with van der Waals surface area (Å²) in [7, 11) is 0. The maximum Gasteiger partial charge on any atom is 0.253 e. The van der Waals surface area contributed by atoms with Gasteiger partial charge in [0, 0.05) is 29.2 Å². The minimum atomic E-state index is -0.152. The topological polar surface area (TPSA) is 54.0 Å². The number of pyridine rings is 1. The van der Waals surface area contributed by atoms with Crippen molar-refractivity contribution in [2.75, 3.05) is 13.1 Å². The molecule has 0 aliphatic rings. The minimum Gasteiger partial charge on any atom is -0.350 e. The van der Waals surface area contributed by atoms with Gasteiger partial charge in [-0.1, -0.05) is 24.6 Å². The summed E-state index contributed by atoms with van der Waals surface area (Å²) >= 11 is 6.06. The Hall–Kier alpha value is -1.07. The second-order valence-corrected chi connectivity index (χ2v) is 5.13. The monoisotopic (exact) mass is 363 g/mol. The molecule has 0 radical (unpaired) electrons. The number of hydrogen-bond donors (Lipinski definition) is 2. The zero-order chi connectivity index (χ0) is 14.5. The third kappa shape index (κ3) is 5.29. The number of nitrogens with one attached hydrogen (secondary N) is 2.